The van der Waals surface area contributed by atoms with Crippen molar-refractivity contribution >= 4 is 22.4 Å². The van der Waals surface area contributed by atoms with Crippen molar-refractivity contribution < 1.29 is 18.7 Å². The molecule has 0 aliphatic carbocycles. The van der Waals surface area contributed by atoms with Crippen LogP contribution in [0.2, 0.25) is 0 Å². The highest BCUT2D eigenvalue weighted by Gasteiger charge is 2.14. The zero-order chi connectivity index (χ0) is 23.2. The van der Waals surface area contributed by atoms with Crippen molar-refractivity contribution in [2.75, 3.05) is 20.8 Å². The average molecular weight is 442 g/mol. The van der Waals surface area contributed by atoms with Gasteiger partial charge in [-0.15, -0.1) is 0 Å². The van der Waals surface area contributed by atoms with Crippen molar-refractivity contribution in [2.45, 2.75) is 13.3 Å². The second-order valence-corrected chi connectivity index (χ2v) is 7.78. The number of benzene rings is 3. The predicted molar refractivity (Wildman–Crippen MR) is 132 cm³/mol. The van der Waals surface area contributed by atoms with Gasteiger partial charge in [0.25, 0.3) is 0 Å². The van der Waals surface area contributed by atoms with Gasteiger partial charge in [-0.2, -0.15) is 0 Å². The zero-order valence-corrected chi connectivity index (χ0v) is 19.1. The summed E-state index contributed by atoms with van der Waals surface area (Å²) in [5.74, 6) is 1.33. The van der Waals surface area contributed by atoms with Gasteiger partial charge < -0.3 is 19.2 Å². The lowest BCUT2D eigenvalue weighted by Crippen LogP contribution is -2.23. The van der Waals surface area contributed by atoms with Gasteiger partial charge in [0.2, 0.25) is 5.91 Å². The first-order valence-corrected chi connectivity index (χ1v) is 10.8. The Labute approximate surface area is 193 Å². The van der Waals surface area contributed by atoms with E-state index in [1.807, 2.05) is 73.7 Å². The van der Waals surface area contributed by atoms with E-state index in [1.165, 1.54) is 0 Å². The Bertz CT molecular complexity index is 1290. The number of ether oxygens (including phenoxy) is 2. The van der Waals surface area contributed by atoms with E-state index in [9.17, 15) is 4.79 Å². The van der Waals surface area contributed by atoms with Gasteiger partial charge in [0.1, 0.15) is 17.1 Å². The molecule has 0 unspecified atom stereocenters. The summed E-state index contributed by atoms with van der Waals surface area (Å²) in [6.45, 7) is 2.44. The van der Waals surface area contributed by atoms with Gasteiger partial charge in [0.15, 0.2) is 0 Å². The molecule has 0 atom stereocenters. The molecule has 1 aromatic heterocycles. The normalized spacial score (nSPS) is 11.4. The van der Waals surface area contributed by atoms with E-state index >= 15 is 0 Å². The van der Waals surface area contributed by atoms with Crippen molar-refractivity contribution in [3.8, 4) is 22.6 Å². The minimum absolute atomic E-state index is 0.145. The highest BCUT2D eigenvalue weighted by Crippen LogP contribution is 2.37. The monoisotopic (exact) mass is 441 g/mol. The maximum atomic E-state index is 12.6. The minimum Gasteiger partial charge on any atom is -0.497 e. The number of hydrogen-bond acceptors (Lipinski definition) is 4. The highest BCUT2D eigenvalue weighted by molar-refractivity contribution is 6.00. The fraction of sp³-hybridized carbons (Fsp3) is 0.179. The van der Waals surface area contributed by atoms with Crippen LogP contribution in [0.3, 0.4) is 0 Å². The predicted octanol–water partition coefficient (Wildman–Crippen LogP) is 5.88. The zero-order valence-electron chi connectivity index (χ0n) is 19.1. The molecular weight excluding hydrogens is 414 g/mol. The van der Waals surface area contributed by atoms with Crippen LogP contribution in [0.25, 0.3) is 27.7 Å². The summed E-state index contributed by atoms with van der Waals surface area (Å²) in [5, 5.41) is 3.94. The Morgan fingerprint density at radius 2 is 1.82 bits per heavy atom. The Morgan fingerprint density at radius 1 is 1.00 bits per heavy atom. The molecule has 5 nitrogen and oxygen atoms in total. The number of carbonyl (C=O) groups is 1. The fourth-order valence-electron chi connectivity index (χ4n) is 3.86. The minimum atomic E-state index is -0.145. The number of methoxy groups -OCH3 is 2. The topological polar surface area (TPSA) is 60.7 Å². The number of allylic oxidation sites excluding steroid dienone is 1. The van der Waals surface area contributed by atoms with E-state index in [2.05, 4.69) is 5.32 Å². The molecule has 0 radical (unpaired) electrons. The third-order valence-corrected chi connectivity index (χ3v) is 5.60. The summed E-state index contributed by atoms with van der Waals surface area (Å²) in [5.41, 5.74) is 5.59. The summed E-state index contributed by atoms with van der Waals surface area (Å²) >= 11 is 0. The number of furan rings is 1. The molecule has 0 aliphatic heterocycles. The summed E-state index contributed by atoms with van der Waals surface area (Å²) in [4.78, 5) is 12.6. The number of rotatable bonds is 8. The van der Waals surface area contributed by atoms with Crippen molar-refractivity contribution in [3.63, 3.8) is 0 Å². The average Bonchev–Trinajstić information content (AvgIpc) is 3.26. The molecule has 4 aromatic rings. The Kier molecular flexibility index (Phi) is 6.79. The van der Waals surface area contributed by atoms with E-state index < -0.39 is 0 Å². The molecule has 5 heteroatoms. The molecule has 1 heterocycles. The van der Waals surface area contributed by atoms with Crippen LogP contribution in [0, 0.1) is 0 Å². The molecule has 3 aromatic carbocycles. The molecule has 4 rings (SSSR count). The van der Waals surface area contributed by atoms with Gasteiger partial charge in [-0.3, -0.25) is 4.79 Å². The first-order chi connectivity index (χ1) is 16.1. The summed E-state index contributed by atoms with van der Waals surface area (Å²) in [6.07, 6.45) is 4.09. The van der Waals surface area contributed by atoms with Crippen molar-refractivity contribution in [3.05, 3.63) is 90.2 Å². The van der Waals surface area contributed by atoms with Crippen LogP contribution in [0.4, 0.5) is 0 Å². The second-order valence-electron chi connectivity index (χ2n) is 7.78. The molecule has 0 fully saturated rings. The van der Waals surface area contributed by atoms with Gasteiger partial charge in [-0.05, 0) is 48.2 Å². The van der Waals surface area contributed by atoms with Crippen LogP contribution < -0.4 is 14.8 Å². The molecule has 0 saturated heterocycles. The van der Waals surface area contributed by atoms with Crippen molar-refractivity contribution in [2.24, 2.45) is 0 Å². The number of hydrogen-bond donors (Lipinski definition) is 1. The quantitative estimate of drug-likeness (QED) is 0.347. The van der Waals surface area contributed by atoms with E-state index in [0.29, 0.717) is 12.3 Å². The second kappa shape index (κ2) is 10.1. The van der Waals surface area contributed by atoms with Crippen LogP contribution in [-0.2, 0) is 11.2 Å². The highest BCUT2D eigenvalue weighted by atomic mass is 16.5. The maximum absolute atomic E-state index is 12.6. The van der Waals surface area contributed by atoms with Crippen LogP contribution in [0.1, 0.15) is 18.1 Å². The van der Waals surface area contributed by atoms with E-state index in [0.717, 1.165) is 51.0 Å². The molecular formula is C28H27NO4. The molecule has 0 saturated carbocycles. The van der Waals surface area contributed by atoms with Gasteiger partial charge in [-0.1, -0.05) is 42.5 Å². The molecule has 1 N–H and O–H groups in total. The Hall–Kier alpha value is -3.99. The Morgan fingerprint density at radius 3 is 2.58 bits per heavy atom. The number of carbonyl (C=O) groups excluding carboxylic acids is 1. The SMILES string of the molecule is COc1cccc(CCNC(=O)/C=C(\C)c2cc3c(-c4ccccc4)coc3cc2OC)c1. The third-order valence-electron chi connectivity index (χ3n) is 5.60. The summed E-state index contributed by atoms with van der Waals surface area (Å²) in [7, 11) is 3.26. The van der Waals surface area contributed by atoms with Gasteiger partial charge >= 0.3 is 0 Å². The first kappa shape index (κ1) is 22.2. The molecule has 0 aliphatic rings. The first-order valence-electron chi connectivity index (χ1n) is 10.8. The lowest BCUT2D eigenvalue weighted by Gasteiger charge is -2.10. The van der Waals surface area contributed by atoms with E-state index in [-0.39, 0.29) is 5.91 Å². The van der Waals surface area contributed by atoms with Gasteiger partial charge in [0.05, 0.1) is 20.5 Å². The largest absolute Gasteiger partial charge is 0.497 e. The molecule has 33 heavy (non-hydrogen) atoms. The van der Waals surface area contributed by atoms with Crippen LogP contribution >= 0.6 is 0 Å². The van der Waals surface area contributed by atoms with E-state index in [1.54, 1.807) is 26.6 Å². The number of amides is 1. The van der Waals surface area contributed by atoms with E-state index in [4.69, 9.17) is 13.9 Å². The van der Waals surface area contributed by atoms with Crippen LogP contribution in [-0.4, -0.2) is 26.7 Å². The van der Waals surface area contributed by atoms with Crippen LogP contribution in [0.5, 0.6) is 11.5 Å². The standard InChI is InChI=1S/C28H27NO4/c1-19(14-28(30)29-13-12-20-8-7-11-22(15-20)31-2)23-16-24-25(21-9-5-4-6-10-21)18-33-27(24)17-26(23)32-3/h4-11,14-18H,12-13H2,1-3H3,(H,29,30)/b19-14+. The third kappa shape index (κ3) is 5.09. The van der Waals surface area contributed by atoms with Gasteiger partial charge in [0, 0.05) is 35.2 Å². The number of fused-ring (bicyclic) bond motifs is 1. The van der Waals surface area contributed by atoms with Crippen molar-refractivity contribution in [1.29, 1.82) is 0 Å². The molecule has 168 valence electrons. The lowest BCUT2D eigenvalue weighted by atomic mass is 9.99. The van der Waals surface area contributed by atoms with Gasteiger partial charge in [-0.25, -0.2) is 0 Å². The lowest BCUT2D eigenvalue weighted by molar-refractivity contribution is -0.116. The maximum Gasteiger partial charge on any atom is 0.244 e. The van der Waals surface area contributed by atoms with Crippen molar-refractivity contribution in [1.82, 2.24) is 5.32 Å². The molecule has 0 spiro atoms. The number of nitrogens with one attached hydrogen (secondary N) is 1. The summed E-state index contributed by atoms with van der Waals surface area (Å²) < 4.78 is 16.6. The summed E-state index contributed by atoms with van der Waals surface area (Å²) in [6, 6.07) is 21.8. The molecule has 0 bridgehead atoms. The van der Waals surface area contributed by atoms with Crippen LogP contribution in [0.15, 0.2) is 83.5 Å². The molecule has 1 amide bonds. The fourth-order valence-corrected chi connectivity index (χ4v) is 3.86. The Balaban J connectivity index is 1.53. The smallest absolute Gasteiger partial charge is 0.244 e.